The number of benzene rings is 2. The number of nitrogens with two attached hydrogens (primary N) is 1. The lowest BCUT2D eigenvalue weighted by Gasteiger charge is -2.20. The lowest BCUT2D eigenvalue weighted by Crippen LogP contribution is -2.12. The summed E-state index contributed by atoms with van der Waals surface area (Å²) in [7, 11) is 0. The molecule has 0 saturated carbocycles. The molecule has 2 N–H and O–H groups in total. The molecule has 28 heavy (non-hydrogen) atoms. The molecular weight excluding hydrogens is 350 g/mol. The molecule has 0 heterocycles. The standard InChI is InChI=1S/C24H29NO3/c1-6-7-19-10-15-23(27-16(2)3)21(24(19)28-17(4)5)13-14-22(26)18-8-11-20(25)12-9-18/h6,8-17H,1,7,25H2,2-5H3/b14-13+. The van der Waals surface area contributed by atoms with Gasteiger partial charge < -0.3 is 15.2 Å². The predicted octanol–water partition coefficient (Wildman–Crippen LogP) is 5.47. The van der Waals surface area contributed by atoms with Crippen molar-refractivity contribution in [3.05, 3.63) is 71.8 Å². The molecule has 4 nitrogen and oxygen atoms in total. The van der Waals surface area contributed by atoms with Crippen LogP contribution in [0.4, 0.5) is 5.69 Å². The van der Waals surface area contributed by atoms with Gasteiger partial charge in [0.15, 0.2) is 5.78 Å². The number of hydrogen-bond donors (Lipinski definition) is 1. The van der Waals surface area contributed by atoms with Crippen molar-refractivity contribution in [3.63, 3.8) is 0 Å². The van der Waals surface area contributed by atoms with Gasteiger partial charge in [-0.1, -0.05) is 12.1 Å². The molecule has 2 aromatic rings. The van der Waals surface area contributed by atoms with Crippen molar-refractivity contribution < 1.29 is 14.3 Å². The highest BCUT2D eigenvalue weighted by molar-refractivity contribution is 6.07. The molecule has 2 rings (SSSR count). The number of anilines is 1. The molecule has 148 valence electrons. The fraction of sp³-hybridized carbons (Fsp3) is 0.292. The number of carbonyl (C=O) groups is 1. The number of hydrogen-bond acceptors (Lipinski definition) is 4. The molecule has 0 fully saturated rings. The summed E-state index contributed by atoms with van der Waals surface area (Å²) < 4.78 is 12.1. The van der Waals surface area contributed by atoms with Gasteiger partial charge in [0.25, 0.3) is 0 Å². The van der Waals surface area contributed by atoms with Crippen LogP contribution >= 0.6 is 0 Å². The number of allylic oxidation sites excluding steroid dienone is 2. The summed E-state index contributed by atoms with van der Waals surface area (Å²) in [5, 5.41) is 0. The maximum absolute atomic E-state index is 12.6. The second-order valence-corrected chi connectivity index (χ2v) is 7.11. The van der Waals surface area contributed by atoms with Crippen LogP contribution in [0.1, 0.15) is 49.2 Å². The van der Waals surface area contributed by atoms with E-state index < -0.39 is 0 Å². The van der Waals surface area contributed by atoms with E-state index in [1.54, 1.807) is 36.4 Å². The third kappa shape index (κ3) is 5.74. The van der Waals surface area contributed by atoms with E-state index in [0.29, 0.717) is 23.4 Å². The molecule has 0 aliphatic heterocycles. The van der Waals surface area contributed by atoms with E-state index in [2.05, 4.69) is 6.58 Å². The summed E-state index contributed by atoms with van der Waals surface area (Å²) in [6.45, 7) is 11.7. The third-order valence-electron chi connectivity index (χ3n) is 3.91. The average molecular weight is 380 g/mol. The number of rotatable bonds is 9. The van der Waals surface area contributed by atoms with Gasteiger partial charge in [-0.3, -0.25) is 4.79 Å². The summed E-state index contributed by atoms with van der Waals surface area (Å²) in [5.41, 5.74) is 8.65. The fourth-order valence-corrected chi connectivity index (χ4v) is 2.73. The highest BCUT2D eigenvalue weighted by Gasteiger charge is 2.16. The van der Waals surface area contributed by atoms with Crippen molar-refractivity contribution in [2.24, 2.45) is 0 Å². The number of carbonyl (C=O) groups excluding carboxylic acids is 1. The lowest BCUT2D eigenvalue weighted by molar-refractivity contribution is 0.104. The fourth-order valence-electron chi connectivity index (χ4n) is 2.73. The Morgan fingerprint density at radius 2 is 1.68 bits per heavy atom. The van der Waals surface area contributed by atoms with Crippen LogP contribution in [0.2, 0.25) is 0 Å². The van der Waals surface area contributed by atoms with Crippen LogP contribution in [0.5, 0.6) is 11.5 Å². The molecule has 0 unspecified atom stereocenters. The minimum absolute atomic E-state index is 0.00268. The van der Waals surface area contributed by atoms with Crippen LogP contribution < -0.4 is 15.2 Å². The van der Waals surface area contributed by atoms with Crippen molar-refractivity contribution in [3.8, 4) is 11.5 Å². The summed E-state index contributed by atoms with van der Waals surface area (Å²) in [4.78, 5) is 12.6. The Hall–Kier alpha value is -3.01. The van der Waals surface area contributed by atoms with Crippen molar-refractivity contribution in [2.45, 2.75) is 46.3 Å². The minimum Gasteiger partial charge on any atom is -0.490 e. The first-order valence-corrected chi connectivity index (χ1v) is 9.49. The zero-order chi connectivity index (χ0) is 20.7. The van der Waals surface area contributed by atoms with E-state index in [-0.39, 0.29) is 18.0 Å². The van der Waals surface area contributed by atoms with Gasteiger partial charge in [-0.25, -0.2) is 0 Å². The van der Waals surface area contributed by atoms with Crippen molar-refractivity contribution in [2.75, 3.05) is 5.73 Å². The van der Waals surface area contributed by atoms with Crippen LogP contribution in [0.3, 0.4) is 0 Å². The molecule has 0 radical (unpaired) electrons. The monoisotopic (exact) mass is 379 g/mol. The summed E-state index contributed by atoms with van der Waals surface area (Å²) in [6, 6.07) is 10.8. The van der Waals surface area contributed by atoms with Crippen LogP contribution in [-0.4, -0.2) is 18.0 Å². The Bertz CT molecular complexity index is 849. The normalized spacial score (nSPS) is 11.2. The van der Waals surface area contributed by atoms with Crippen LogP contribution in [0.15, 0.2) is 55.1 Å². The molecule has 0 aliphatic rings. The molecule has 0 saturated heterocycles. The van der Waals surface area contributed by atoms with E-state index >= 15 is 0 Å². The number of nitrogen functional groups attached to an aromatic ring is 1. The molecule has 0 spiro atoms. The third-order valence-corrected chi connectivity index (χ3v) is 3.91. The molecule has 0 aromatic heterocycles. The average Bonchev–Trinajstić information content (AvgIpc) is 2.63. The first-order valence-electron chi connectivity index (χ1n) is 9.49. The van der Waals surface area contributed by atoms with Gasteiger partial charge in [0.05, 0.1) is 17.8 Å². The first kappa shape index (κ1) is 21.3. The summed E-state index contributed by atoms with van der Waals surface area (Å²) in [6.07, 6.45) is 5.78. The SMILES string of the molecule is C=CCc1ccc(OC(C)C)c(/C=C/C(=O)c2ccc(N)cc2)c1OC(C)C. The first-order chi connectivity index (χ1) is 13.3. The highest BCUT2D eigenvalue weighted by atomic mass is 16.5. The van der Waals surface area contributed by atoms with E-state index in [0.717, 1.165) is 16.9 Å². The molecular formula is C24H29NO3. The predicted molar refractivity (Wildman–Crippen MR) is 116 cm³/mol. The van der Waals surface area contributed by atoms with Gasteiger partial charge in [-0.2, -0.15) is 0 Å². The number of ketones is 1. The largest absolute Gasteiger partial charge is 0.490 e. The Balaban J connectivity index is 2.49. The smallest absolute Gasteiger partial charge is 0.185 e. The minimum atomic E-state index is -0.111. The van der Waals surface area contributed by atoms with E-state index in [1.807, 2.05) is 45.9 Å². The van der Waals surface area contributed by atoms with Crippen LogP contribution in [0, 0.1) is 0 Å². The molecule has 0 aliphatic carbocycles. The molecule has 2 aromatic carbocycles. The van der Waals surface area contributed by atoms with Gasteiger partial charge in [0, 0.05) is 11.3 Å². The zero-order valence-corrected chi connectivity index (χ0v) is 17.1. The van der Waals surface area contributed by atoms with Gasteiger partial charge in [0.1, 0.15) is 11.5 Å². The van der Waals surface area contributed by atoms with E-state index in [4.69, 9.17) is 15.2 Å². The quantitative estimate of drug-likeness (QED) is 0.272. The van der Waals surface area contributed by atoms with Crippen LogP contribution in [0.25, 0.3) is 6.08 Å². The molecule has 0 amide bonds. The van der Waals surface area contributed by atoms with Crippen molar-refractivity contribution in [1.29, 1.82) is 0 Å². The zero-order valence-electron chi connectivity index (χ0n) is 17.1. The maximum atomic E-state index is 12.6. The summed E-state index contributed by atoms with van der Waals surface area (Å²) >= 11 is 0. The number of ether oxygens (including phenoxy) is 2. The Morgan fingerprint density at radius 1 is 1.04 bits per heavy atom. The topological polar surface area (TPSA) is 61.5 Å². The summed E-state index contributed by atoms with van der Waals surface area (Å²) in [5.74, 6) is 1.29. The van der Waals surface area contributed by atoms with Gasteiger partial charge in [-0.15, -0.1) is 6.58 Å². The second-order valence-electron chi connectivity index (χ2n) is 7.11. The maximum Gasteiger partial charge on any atom is 0.185 e. The molecule has 0 atom stereocenters. The molecule has 4 heteroatoms. The van der Waals surface area contributed by atoms with Crippen molar-refractivity contribution >= 4 is 17.5 Å². The van der Waals surface area contributed by atoms with Gasteiger partial charge in [0.2, 0.25) is 0 Å². The Labute approximate surface area is 167 Å². The van der Waals surface area contributed by atoms with Gasteiger partial charge in [-0.05, 0) is 82.2 Å². The van der Waals surface area contributed by atoms with Gasteiger partial charge >= 0.3 is 0 Å². The van der Waals surface area contributed by atoms with E-state index in [1.165, 1.54) is 0 Å². The highest BCUT2D eigenvalue weighted by Crippen LogP contribution is 2.35. The Morgan fingerprint density at radius 3 is 2.25 bits per heavy atom. The van der Waals surface area contributed by atoms with E-state index in [9.17, 15) is 4.79 Å². The Kier molecular flexibility index (Phi) is 7.44. The van der Waals surface area contributed by atoms with Crippen LogP contribution in [-0.2, 0) is 6.42 Å². The lowest BCUT2D eigenvalue weighted by atomic mass is 10.0. The second kappa shape index (κ2) is 9.79. The molecule has 0 bridgehead atoms. The van der Waals surface area contributed by atoms with Crippen molar-refractivity contribution in [1.82, 2.24) is 0 Å².